The third-order valence-corrected chi connectivity index (χ3v) is 3.40. The lowest BCUT2D eigenvalue weighted by atomic mass is 10.0. The van der Waals surface area contributed by atoms with Gasteiger partial charge >= 0.3 is 6.09 Å². The van der Waals surface area contributed by atoms with Gasteiger partial charge in [0.25, 0.3) is 0 Å². The van der Waals surface area contributed by atoms with Crippen LogP contribution in [0.15, 0.2) is 48.5 Å². The zero-order chi connectivity index (χ0) is 18.4. The molecule has 0 fully saturated rings. The molecular formula is C20H24N2O3. The maximum absolute atomic E-state index is 12.4. The third-order valence-electron chi connectivity index (χ3n) is 3.40. The van der Waals surface area contributed by atoms with Gasteiger partial charge in [-0.1, -0.05) is 36.4 Å². The lowest BCUT2D eigenvalue weighted by Crippen LogP contribution is -2.32. The van der Waals surface area contributed by atoms with Gasteiger partial charge in [0.2, 0.25) is 0 Å². The van der Waals surface area contributed by atoms with E-state index in [1.807, 2.05) is 45.0 Å². The van der Waals surface area contributed by atoms with Crippen LogP contribution in [0.3, 0.4) is 0 Å². The zero-order valence-corrected chi connectivity index (χ0v) is 14.8. The van der Waals surface area contributed by atoms with Crippen LogP contribution in [0.4, 0.5) is 10.5 Å². The van der Waals surface area contributed by atoms with Crippen LogP contribution in [-0.2, 0) is 17.7 Å². The lowest BCUT2D eigenvalue weighted by molar-refractivity contribution is 0.0523. The molecule has 132 valence electrons. The van der Waals surface area contributed by atoms with E-state index in [1.165, 1.54) is 0 Å². The summed E-state index contributed by atoms with van der Waals surface area (Å²) in [7, 11) is 0. The number of ketones is 1. The molecule has 0 saturated carbocycles. The highest BCUT2D eigenvalue weighted by molar-refractivity contribution is 5.98. The molecule has 2 aromatic rings. The number of nitrogens with two attached hydrogens (primary N) is 1. The van der Waals surface area contributed by atoms with Gasteiger partial charge in [-0.3, -0.25) is 4.79 Å². The molecule has 1 amide bonds. The van der Waals surface area contributed by atoms with Gasteiger partial charge in [-0.05, 0) is 44.0 Å². The molecule has 5 heteroatoms. The fourth-order valence-electron chi connectivity index (χ4n) is 2.34. The summed E-state index contributed by atoms with van der Waals surface area (Å²) < 4.78 is 5.21. The van der Waals surface area contributed by atoms with E-state index in [1.54, 1.807) is 24.3 Å². The van der Waals surface area contributed by atoms with Gasteiger partial charge in [0, 0.05) is 24.2 Å². The minimum Gasteiger partial charge on any atom is -0.444 e. The number of ether oxygens (including phenoxy) is 1. The van der Waals surface area contributed by atoms with E-state index in [0.717, 1.165) is 11.1 Å². The zero-order valence-electron chi connectivity index (χ0n) is 14.8. The molecule has 0 aliphatic heterocycles. The summed E-state index contributed by atoms with van der Waals surface area (Å²) in [4.78, 5) is 24.1. The predicted molar refractivity (Wildman–Crippen MR) is 98.4 cm³/mol. The number of carbonyl (C=O) groups is 2. The quantitative estimate of drug-likeness (QED) is 0.642. The van der Waals surface area contributed by atoms with Gasteiger partial charge in [-0.2, -0.15) is 0 Å². The van der Waals surface area contributed by atoms with Crippen molar-refractivity contribution >= 4 is 17.6 Å². The lowest BCUT2D eigenvalue weighted by Gasteiger charge is -2.19. The molecule has 0 saturated heterocycles. The highest BCUT2D eigenvalue weighted by Gasteiger charge is 2.15. The minimum atomic E-state index is -0.532. The Morgan fingerprint density at radius 3 is 2.40 bits per heavy atom. The summed E-state index contributed by atoms with van der Waals surface area (Å²) in [6, 6.07) is 14.5. The van der Waals surface area contributed by atoms with Crippen LogP contribution in [0.5, 0.6) is 0 Å². The first kappa shape index (κ1) is 18.5. The Morgan fingerprint density at radius 2 is 1.72 bits per heavy atom. The predicted octanol–water partition coefficient (Wildman–Crippen LogP) is 3.72. The van der Waals surface area contributed by atoms with Crippen LogP contribution < -0.4 is 11.1 Å². The monoisotopic (exact) mass is 340 g/mol. The number of amides is 1. The first-order valence-corrected chi connectivity index (χ1v) is 8.16. The van der Waals surface area contributed by atoms with E-state index < -0.39 is 11.7 Å². The van der Waals surface area contributed by atoms with E-state index >= 15 is 0 Å². The van der Waals surface area contributed by atoms with Crippen LogP contribution >= 0.6 is 0 Å². The Balaban J connectivity index is 1.97. The number of nitrogen functional groups attached to an aromatic ring is 1. The van der Waals surface area contributed by atoms with Crippen LogP contribution in [0, 0.1) is 0 Å². The smallest absolute Gasteiger partial charge is 0.407 e. The average Bonchev–Trinajstić information content (AvgIpc) is 2.52. The van der Waals surface area contributed by atoms with Gasteiger partial charge in [0.05, 0.1) is 0 Å². The number of carbonyl (C=O) groups excluding carboxylic acids is 2. The molecule has 0 unspecified atom stereocenters. The van der Waals surface area contributed by atoms with E-state index in [-0.39, 0.29) is 12.2 Å². The minimum absolute atomic E-state index is 0.00421. The fourth-order valence-corrected chi connectivity index (χ4v) is 2.34. The number of nitrogens with one attached hydrogen (secondary N) is 1. The second kappa shape index (κ2) is 7.83. The Kier molecular flexibility index (Phi) is 5.80. The van der Waals surface area contributed by atoms with Crippen molar-refractivity contribution in [2.45, 2.75) is 39.3 Å². The highest BCUT2D eigenvalue weighted by Crippen LogP contribution is 2.13. The van der Waals surface area contributed by atoms with Crippen molar-refractivity contribution in [1.29, 1.82) is 0 Å². The summed E-state index contributed by atoms with van der Waals surface area (Å²) in [5, 5.41) is 2.71. The molecule has 5 nitrogen and oxygen atoms in total. The first-order valence-electron chi connectivity index (χ1n) is 8.16. The molecular weight excluding hydrogens is 316 g/mol. The Hall–Kier alpha value is -2.82. The molecule has 0 radical (unpaired) electrons. The van der Waals surface area contributed by atoms with Crippen molar-refractivity contribution in [2.75, 3.05) is 5.73 Å². The van der Waals surface area contributed by atoms with Gasteiger partial charge < -0.3 is 15.8 Å². The van der Waals surface area contributed by atoms with E-state index in [9.17, 15) is 9.59 Å². The highest BCUT2D eigenvalue weighted by atomic mass is 16.6. The van der Waals surface area contributed by atoms with E-state index in [4.69, 9.17) is 10.5 Å². The Bertz CT molecular complexity index is 764. The number of hydrogen-bond acceptors (Lipinski definition) is 4. The van der Waals surface area contributed by atoms with Gasteiger partial charge in [0.1, 0.15) is 5.60 Å². The molecule has 0 bridgehead atoms. The number of Topliss-reactive ketones (excluding diaryl/α,β-unsaturated/α-hetero) is 1. The van der Waals surface area contributed by atoms with Crippen molar-refractivity contribution in [1.82, 2.24) is 5.32 Å². The second-order valence-electron chi connectivity index (χ2n) is 6.90. The maximum atomic E-state index is 12.4. The molecule has 2 aromatic carbocycles. The Morgan fingerprint density at radius 1 is 1.04 bits per heavy atom. The first-order chi connectivity index (χ1) is 11.7. The average molecular weight is 340 g/mol. The number of alkyl carbamates (subject to hydrolysis) is 1. The molecule has 3 N–H and O–H groups in total. The second-order valence-corrected chi connectivity index (χ2v) is 6.90. The topological polar surface area (TPSA) is 81.4 Å². The number of benzene rings is 2. The molecule has 0 spiro atoms. The van der Waals surface area contributed by atoms with Crippen molar-refractivity contribution in [2.24, 2.45) is 0 Å². The van der Waals surface area contributed by atoms with Gasteiger partial charge in [-0.25, -0.2) is 4.79 Å². The fraction of sp³-hybridized carbons (Fsp3) is 0.300. The Labute approximate surface area is 148 Å². The summed E-state index contributed by atoms with van der Waals surface area (Å²) >= 11 is 0. The summed E-state index contributed by atoms with van der Waals surface area (Å²) in [5.41, 5.74) is 8.15. The van der Waals surface area contributed by atoms with Crippen LogP contribution in [-0.4, -0.2) is 17.5 Å². The van der Waals surface area contributed by atoms with Crippen molar-refractivity contribution in [3.05, 3.63) is 65.2 Å². The van der Waals surface area contributed by atoms with Crippen molar-refractivity contribution in [3.63, 3.8) is 0 Å². The third kappa shape index (κ3) is 6.30. The van der Waals surface area contributed by atoms with Crippen LogP contribution in [0.25, 0.3) is 0 Å². The molecule has 2 rings (SSSR count). The van der Waals surface area contributed by atoms with Gasteiger partial charge in [0.15, 0.2) is 5.78 Å². The number of rotatable bonds is 5. The molecule has 0 heterocycles. The van der Waals surface area contributed by atoms with Gasteiger partial charge in [-0.15, -0.1) is 0 Å². The van der Waals surface area contributed by atoms with Crippen molar-refractivity contribution < 1.29 is 14.3 Å². The van der Waals surface area contributed by atoms with Crippen molar-refractivity contribution in [3.8, 4) is 0 Å². The molecule has 0 aliphatic carbocycles. The number of hydrogen-bond donors (Lipinski definition) is 2. The molecule has 25 heavy (non-hydrogen) atoms. The van der Waals surface area contributed by atoms with E-state index in [0.29, 0.717) is 17.8 Å². The largest absolute Gasteiger partial charge is 0.444 e. The summed E-state index contributed by atoms with van der Waals surface area (Å²) in [6.45, 7) is 5.79. The summed E-state index contributed by atoms with van der Waals surface area (Å²) in [5.74, 6) is 0.00421. The molecule has 0 aliphatic rings. The SMILES string of the molecule is CC(C)(C)OC(=O)NCc1cccc(CC(=O)c2cccc(N)c2)c1. The maximum Gasteiger partial charge on any atom is 0.407 e. The van der Waals surface area contributed by atoms with E-state index in [2.05, 4.69) is 5.32 Å². The molecule has 0 atom stereocenters. The number of anilines is 1. The van der Waals surface area contributed by atoms with Crippen LogP contribution in [0.1, 0.15) is 42.3 Å². The van der Waals surface area contributed by atoms with Crippen LogP contribution in [0.2, 0.25) is 0 Å². The standard InChI is InChI=1S/C20H24N2O3/c1-20(2,3)25-19(24)22-13-15-7-4-6-14(10-15)11-18(23)16-8-5-9-17(21)12-16/h4-10,12H,11,13,21H2,1-3H3,(H,22,24). The summed E-state index contributed by atoms with van der Waals surface area (Å²) in [6.07, 6.45) is -0.183. The normalized spacial score (nSPS) is 11.0. The molecule has 0 aromatic heterocycles.